The van der Waals surface area contributed by atoms with Crippen LogP contribution in [0.1, 0.15) is 40.8 Å². The molecule has 0 radical (unpaired) electrons. The monoisotopic (exact) mass is 342 g/mol. The summed E-state index contributed by atoms with van der Waals surface area (Å²) in [6.45, 7) is 4.54. The van der Waals surface area contributed by atoms with Crippen molar-refractivity contribution in [2.45, 2.75) is 25.8 Å². The van der Waals surface area contributed by atoms with Gasteiger partial charge in [0.25, 0.3) is 5.91 Å². The number of furan rings is 1. The van der Waals surface area contributed by atoms with Gasteiger partial charge in [0.2, 0.25) is 0 Å². The van der Waals surface area contributed by atoms with Gasteiger partial charge < -0.3 is 14.6 Å². The van der Waals surface area contributed by atoms with Gasteiger partial charge in [-0.2, -0.15) is 0 Å². The van der Waals surface area contributed by atoms with Crippen LogP contribution < -0.4 is 10.2 Å². The molecule has 1 aliphatic heterocycles. The second-order valence-electron chi connectivity index (χ2n) is 6.69. The number of aromatic nitrogens is 1. The smallest absolute Gasteiger partial charge is 0.255 e. The van der Waals surface area contributed by atoms with Crippen LogP contribution in [0.25, 0.3) is 0 Å². The first-order valence-corrected chi connectivity index (χ1v) is 8.77. The normalized spacial score (nSPS) is 16.0. The number of hydrogen-bond acceptors (Lipinski definition) is 5. The van der Waals surface area contributed by atoms with Crippen LogP contribution in [0.3, 0.4) is 0 Å². The first-order chi connectivity index (χ1) is 12.1. The lowest BCUT2D eigenvalue weighted by molar-refractivity contribution is 0.0934. The topological polar surface area (TPSA) is 61.6 Å². The molecule has 2 aromatic heterocycles. The quantitative estimate of drug-likeness (QED) is 0.874. The highest BCUT2D eigenvalue weighted by molar-refractivity contribution is 5.98. The highest BCUT2D eigenvalue weighted by atomic mass is 16.3. The molecule has 134 valence electrons. The van der Waals surface area contributed by atoms with Gasteiger partial charge in [0.1, 0.15) is 17.3 Å². The molecule has 1 N–H and O–H groups in total. The number of likely N-dealkylation sites (tertiary alicyclic amines) is 1. The lowest BCUT2D eigenvalue weighted by Crippen LogP contribution is -2.37. The zero-order valence-electron chi connectivity index (χ0n) is 15.2. The Bertz CT molecular complexity index is 720. The fourth-order valence-electron chi connectivity index (χ4n) is 3.31. The van der Waals surface area contributed by atoms with E-state index in [-0.39, 0.29) is 11.9 Å². The van der Waals surface area contributed by atoms with E-state index in [1.165, 1.54) is 12.8 Å². The summed E-state index contributed by atoms with van der Waals surface area (Å²) in [6, 6.07) is 7.65. The Morgan fingerprint density at radius 3 is 2.72 bits per heavy atom. The van der Waals surface area contributed by atoms with E-state index in [9.17, 15) is 4.79 Å². The van der Waals surface area contributed by atoms with Gasteiger partial charge in [-0.15, -0.1) is 0 Å². The van der Waals surface area contributed by atoms with Gasteiger partial charge in [0.05, 0.1) is 11.6 Å². The molecule has 3 heterocycles. The summed E-state index contributed by atoms with van der Waals surface area (Å²) < 4.78 is 5.84. The standard InChI is InChI=1S/C19H26N4O2/c1-14-8-9-17(25-14)16(23-11-4-5-12-23)13-21-19(24)15-7-6-10-20-18(15)22(2)3/h6-10,16H,4-5,11-13H2,1-3H3,(H,21,24). The van der Waals surface area contributed by atoms with Crippen molar-refractivity contribution in [2.24, 2.45) is 0 Å². The highest BCUT2D eigenvalue weighted by Gasteiger charge is 2.27. The molecule has 0 saturated carbocycles. The largest absolute Gasteiger partial charge is 0.465 e. The van der Waals surface area contributed by atoms with Gasteiger partial charge in [-0.05, 0) is 57.1 Å². The average molecular weight is 342 g/mol. The predicted octanol–water partition coefficient (Wildman–Crippen LogP) is 2.62. The summed E-state index contributed by atoms with van der Waals surface area (Å²) in [4.78, 5) is 21.2. The molecule has 1 fully saturated rings. The van der Waals surface area contributed by atoms with Crippen molar-refractivity contribution in [3.63, 3.8) is 0 Å². The third-order valence-electron chi connectivity index (χ3n) is 4.58. The summed E-state index contributed by atoms with van der Waals surface area (Å²) in [7, 11) is 3.77. The summed E-state index contributed by atoms with van der Waals surface area (Å²) in [5, 5.41) is 3.07. The first-order valence-electron chi connectivity index (χ1n) is 8.77. The van der Waals surface area contributed by atoms with Gasteiger partial charge >= 0.3 is 0 Å². The second-order valence-corrected chi connectivity index (χ2v) is 6.69. The lowest BCUT2D eigenvalue weighted by Gasteiger charge is -2.26. The Hall–Kier alpha value is -2.34. The van der Waals surface area contributed by atoms with Gasteiger partial charge in [0.15, 0.2) is 0 Å². The fraction of sp³-hybridized carbons (Fsp3) is 0.474. The van der Waals surface area contributed by atoms with E-state index in [0.717, 1.165) is 24.6 Å². The summed E-state index contributed by atoms with van der Waals surface area (Å²) in [6.07, 6.45) is 4.08. The number of pyridine rings is 1. The summed E-state index contributed by atoms with van der Waals surface area (Å²) >= 11 is 0. The number of nitrogens with zero attached hydrogens (tertiary/aromatic N) is 3. The molecule has 2 aromatic rings. The van der Waals surface area contributed by atoms with Crippen LogP contribution in [0.5, 0.6) is 0 Å². The molecule has 6 heteroatoms. The fourth-order valence-corrected chi connectivity index (χ4v) is 3.31. The number of amides is 1. The van der Waals surface area contributed by atoms with Crippen molar-refractivity contribution in [1.82, 2.24) is 15.2 Å². The number of rotatable bonds is 6. The molecule has 0 aromatic carbocycles. The van der Waals surface area contributed by atoms with Crippen molar-refractivity contribution in [3.8, 4) is 0 Å². The molecule has 25 heavy (non-hydrogen) atoms. The molecule has 1 amide bonds. The van der Waals surface area contributed by atoms with Gasteiger partial charge in [0, 0.05) is 26.8 Å². The molecule has 1 aliphatic rings. The Morgan fingerprint density at radius 1 is 1.32 bits per heavy atom. The van der Waals surface area contributed by atoms with Crippen LogP contribution in [0.4, 0.5) is 5.82 Å². The first kappa shape index (κ1) is 17.5. The van der Waals surface area contributed by atoms with Crippen molar-refractivity contribution in [1.29, 1.82) is 0 Å². The number of carbonyl (C=O) groups excluding carboxylic acids is 1. The minimum atomic E-state index is -0.107. The molecule has 0 aliphatic carbocycles. The maximum Gasteiger partial charge on any atom is 0.255 e. The van der Waals surface area contributed by atoms with Crippen LogP contribution >= 0.6 is 0 Å². The van der Waals surface area contributed by atoms with Crippen molar-refractivity contribution >= 4 is 11.7 Å². The Kier molecular flexibility index (Phi) is 5.38. The van der Waals surface area contributed by atoms with Gasteiger partial charge in [-0.25, -0.2) is 4.98 Å². The molecular formula is C19H26N4O2. The van der Waals surface area contributed by atoms with E-state index in [1.54, 1.807) is 18.3 Å². The van der Waals surface area contributed by atoms with E-state index < -0.39 is 0 Å². The summed E-state index contributed by atoms with van der Waals surface area (Å²) in [5.41, 5.74) is 0.586. The minimum absolute atomic E-state index is 0.0691. The molecular weight excluding hydrogens is 316 g/mol. The number of aryl methyl sites for hydroxylation is 1. The summed E-state index contributed by atoms with van der Waals surface area (Å²) in [5.74, 6) is 2.38. The lowest BCUT2D eigenvalue weighted by atomic mass is 10.1. The van der Waals surface area contributed by atoms with Crippen LogP contribution in [0.15, 0.2) is 34.9 Å². The molecule has 0 bridgehead atoms. The van der Waals surface area contributed by atoms with Crippen molar-refractivity contribution in [3.05, 3.63) is 47.5 Å². The third-order valence-corrected chi connectivity index (χ3v) is 4.58. The molecule has 6 nitrogen and oxygen atoms in total. The number of carbonyl (C=O) groups is 1. The molecule has 3 rings (SSSR count). The Labute approximate surface area is 148 Å². The third kappa shape index (κ3) is 4.02. The minimum Gasteiger partial charge on any atom is -0.465 e. The number of anilines is 1. The second kappa shape index (κ2) is 7.70. The van der Waals surface area contributed by atoms with E-state index in [1.807, 2.05) is 38.1 Å². The molecule has 0 spiro atoms. The van der Waals surface area contributed by atoms with E-state index in [2.05, 4.69) is 15.2 Å². The SMILES string of the molecule is Cc1ccc(C(CNC(=O)c2cccnc2N(C)C)N2CCCC2)o1. The zero-order valence-corrected chi connectivity index (χ0v) is 15.2. The molecule has 1 unspecified atom stereocenters. The van der Waals surface area contributed by atoms with Crippen LogP contribution in [-0.4, -0.2) is 49.5 Å². The highest BCUT2D eigenvalue weighted by Crippen LogP contribution is 2.26. The van der Waals surface area contributed by atoms with E-state index in [4.69, 9.17) is 4.42 Å². The van der Waals surface area contributed by atoms with Gasteiger partial charge in [-0.3, -0.25) is 9.69 Å². The van der Waals surface area contributed by atoms with Crippen LogP contribution in [0.2, 0.25) is 0 Å². The molecule has 1 atom stereocenters. The predicted molar refractivity (Wildman–Crippen MR) is 97.9 cm³/mol. The molecule has 1 saturated heterocycles. The Balaban J connectivity index is 1.74. The Morgan fingerprint density at radius 2 is 2.08 bits per heavy atom. The van der Waals surface area contributed by atoms with E-state index in [0.29, 0.717) is 17.9 Å². The maximum absolute atomic E-state index is 12.7. The zero-order chi connectivity index (χ0) is 17.8. The average Bonchev–Trinajstić information content (AvgIpc) is 3.27. The van der Waals surface area contributed by atoms with Crippen LogP contribution in [0, 0.1) is 6.92 Å². The maximum atomic E-state index is 12.7. The van der Waals surface area contributed by atoms with Crippen molar-refractivity contribution in [2.75, 3.05) is 38.6 Å². The number of nitrogens with one attached hydrogen (secondary N) is 1. The van der Waals surface area contributed by atoms with Gasteiger partial charge in [-0.1, -0.05) is 0 Å². The van der Waals surface area contributed by atoms with Crippen LogP contribution in [-0.2, 0) is 0 Å². The van der Waals surface area contributed by atoms with Crippen molar-refractivity contribution < 1.29 is 9.21 Å². The number of hydrogen-bond donors (Lipinski definition) is 1. The van der Waals surface area contributed by atoms with E-state index >= 15 is 0 Å².